The Morgan fingerprint density at radius 1 is 1.13 bits per heavy atom. The highest BCUT2D eigenvalue weighted by atomic mass is 19.4. The molecule has 7 rings (SSSR count). The number of aliphatic hydroxyl groups excluding tert-OH is 1. The number of nitrogens with zero attached hydrogens (tertiary/aromatic N) is 1. The minimum atomic E-state index is -5.10. The quantitative estimate of drug-likeness (QED) is 0.156. The van der Waals surface area contributed by atoms with Crippen LogP contribution in [0.1, 0.15) is 43.2 Å². The third-order valence-electron chi connectivity index (χ3n) is 11.3. The van der Waals surface area contributed by atoms with Crippen molar-refractivity contribution in [1.82, 2.24) is 5.32 Å². The fourth-order valence-corrected chi connectivity index (χ4v) is 9.25. The molecule has 1 saturated carbocycles. The van der Waals surface area contributed by atoms with Crippen molar-refractivity contribution in [2.75, 3.05) is 27.2 Å². The second-order valence-electron chi connectivity index (χ2n) is 13.6. The van der Waals surface area contributed by atoms with Crippen LogP contribution in [0.4, 0.5) is 13.2 Å². The minimum Gasteiger partial charge on any atom is -0.508 e. The van der Waals surface area contributed by atoms with Crippen molar-refractivity contribution >= 4 is 12.0 Å². The van der Waals surface area contributed by atoms with Crippen LogP contribution in [0.25, 0.3) is 6.08 Å². The molecule has 3 aliphatic carbocycles. The molecule has 1 spiro atoms. The summed E-state index contributed by atoms with van der Waals surface area (Å²) >= 11 is 0. The Bertz CT molecular complexity index is 1590. The van der Waals surface area contributed by atoms with Gasteiger partial charge in [0.15, 0.2) is 11.5 Å². The van der Waals surface area contributed by atoms with Gasteiger partial charge in [0.05, 0.1) is 32.3 Å². The summed E-state index contributed by atoms with van der Waals surface area (Å²) in [6, 6.07) is 18.9. The van der Waals surface area contributed by atoms with Crippen LogP contribution in [0, 0.1) is 11.3 Å². The molecule has 244 valence electrons. The second-order valence-corrected chi connectivity index (χ2v) is 13.6. The zero-order valence-corrected chi connectivity index (χ0v) is 26.1. The predicted octanol–water partition coefficient (Wildman–Crippen LogP) is 6.19. The Kier molecular flexibility index (Phi) is 7.61. The Morgan fingerprint density at radius 2 is 1.85 bits per heavy atom. The van der Waals surface area contributed by atoms with Crippen LogP contribution in [0.15, 0.2) is 89.4 Å². The lowest BCUT2D eigenvalue weighted by molar-refractivity contribution is -0.945. The second kappa shape index (κ2) is 11.3. The molecule has 2 aliphatic heterocycles. The normalized spacial score (nSPS) is 34.9. The minimum absolute atomic E-state index is 0.0205. The van der Waals surface area contributed by atoms with E-state index in [4.69, 9.17) is 9.47 Å². The van der Waals surface area contributed by atoms with Gasteiger partial charge in [-0.1, -0.05) is 67.1 Å². The third kappa shape index (κ3) is 5.05. The summed E-state index contributed by atoms with van der Waals surface area (Å²) in [5.74, 6) is -1.79. The lowest BCUT2D eigenvalue weighted by atomic mass is 9.50. The SMILES string of the molecule is COC1(NC(=O)C(=Cc2ccccc2)OC(F)(F)F)C=C(O)C2=C3C1O[C@H]1CCC[C@H]4[C@@H](C2)[N+](C)(CCc2ccccc2)CC[C@]314. The van der Waals surface area contributed by atoms with Gasteiger partial charge in [-0.25, -0.2) is 0 Å². The summed E-state index contributed by atoms with van der Waals surface area (Å²) in [6.45, 7) is 1.93. The number of ether oxygens (including phenoxy) is 3. The molecule has 2 aromatic rings. The van der Waals surface area contributed by atoms with Gasteiger partial charge in [0.1, 0.15) is 11.9 Å². The smallest absolute Gasteiger partial charge is 0.508 e. The molecule has 2 aromatic carbocycles. The number of benzene rings is 2. The van der Waals surface area contributed by atoms with Crippen LogP contribution < -0.4 is 5.32 Å². The summed E-state index contributed by atoms with van der Waals surface area (Å²) in [4.78, 5) is 13.6. The predicted molar refractivity (Wildman–Crippen MR) is 165 cm³/mol. The van der Waals surface area contributed by atoms with Crippen LogP contribution in [0.5, 0.6) is 0 Å². The molecule has 3 unspecified atom stereocenters. The molecule has 2 N–H and O–H groups in total. The summed E-state index contributed by atoms with van der Waals surface area (Å²) in [7, 11) is 3.71. The molecule has 7 atom stereocenters. The van der Waals surface area contributed by atoms with Crippen LogP contribution in [-0.4, -0.2) is 73.1 Å². The van der Waals surface area contributed by atoms with E-state index in [0.29, 0.717) is 17.9 Å². The largest absolute Gasteiger partial charge is 0.573 e. The van der Waals surface area contributed by atoms with Gasteiger partial charge in [0, 0.05) is 49.4 Å². The van der Waals surface area contributed by atoms with Gasteiger partial charge in [-0.05, 0) is 35.6 Å². The number of nitrogens with one attached hydrogen (secondary N) is 1. The maximum Gasteiger partial charge on any atom is 0.573 e. The van der Waals surface area contributed by atoms with E-state index in [9.17, 15) is 23.1 Å². The fourth-order valence-electron chi connectivity index (χ4n) is 9.25. The molecule has 0 radical (unpaired) electrons. The van der Waals surface area contributed by atoms with Crippen molar-refractivity contribution < 1.29 is 41.8 Å². The van der Waals surface area contributed by atoms with Gasteiger partial charge in [0.2, 0.25) is 0 Å². The molecule has 2 saturated heterocycles. The number of halogens is 3. The number of alkyl halides is 3. The highest BCUT2D eigenvalue weighted by molar-refractivity contribution is 5.96. The van der Waals surface area contributed by atoms with Crippen LogP contribution in [0.2, 0.25) is 0 Å². The first-order valence-electron chi connectivity index (χ1n) is 16.1. The Hall–Kier alpha value is -3.60. The summed E-state index contributed by atoms with van der Waals surface area (Å²) in [5.41, 5.74) is 1.35. The van der Waals surface area contributed by atoms with Crippen molar-refractivity contribution in [1.29, 1.82) is 0 Å². The molecular formula is C36H40F3N2O5+. The number of carbonyl (C=O) groups is 1. The van der Waals surface area contributed by atoms with Crippen molar-refractivity contribution in [3.8, 4) is 0 Å². The standard InChI is InChI=1S/C36H39F3N2O5/c1-41(18-16-23-10-5-3-6-11-23)19-17-34-26-14-9-15-30(34)45-32-31(34)25(21-27(26)41)28(42)22-35(32,44-2)40-33(43)29(46-36(37,38)39)20-24-12-7-4-8-13-24/h3-8,10-13,20,22,26-27,30,32H,9,14-19,21H2,1-2H3,(H-,40,42,43)/p+1/t26-,27+,30-,32?,34+,35?,41?/m0/s1. The van der Waals surface area contributed by atoms with Gasteiger partial charge in [-0.15, -0.1) is 13.2 Å². The fraction of sp³-hybridized carbons (Fsp3) is 0.472. The maximum atomic E-state index is 13.6. The van der Waals surface area contributed by atoms with E-state index in [1.54, 1.807) is 30.3 Å². The van der Waals surface area contributed by atoms with Gasteiger partial charge in [-0.3, -0.25) is 4.79 Å². The number of rotatable bonds is 8. The summed E-state index contributed by atoms with van der Waals surface area (Å²) in [5, 5.41) is 14.4. The van der Waals surface area contributed by atoms with Crippen LogP contribution >= 0.6 is 0 Å². The number of hydrogen-bond donors (Lipinski definition) is 2. The first-order valence-corrected chi connectivity index (χ1v) is 16.1. The highest BCUT2D eigenvalue weighted by Crippen LogP contribution is 2.67. The molecule has 46 heavy (non-hydrogen) atoms. The molecular weight excluding hydrogens is 597 g/mol. The molecule has 2 heterocycles. The topological polar surface area (TPSA) is 77.0 Å². The van der Waals surface area contributed by atoms with Gasteiger partial charge in [-0.2, -0.15) is 0 Å². The van der Waals surface area contributed by atoms with E-state index in [2.05, 4.69) is 41.4 Å². The highest BCUT2D eigenvalue weighted by Gasteiger charge is 2.71. The van der Waals surface area contributed by atoms with Crippen molar-refractivity contribution in [2.24, 2.45) is 11.3 Å². The molecule has 10 heteroatoms. The van der Waals surface area contributed by atoms with Crippen molar-refractivity contribution in [3.63, 3.8) is 0 Å². The molecule has 5 aliphatic rings. The lowest BCUT2D eigenvalue weighted by Crippen LogP contribution is -2.69. The third-order valence-corrected chi connectivity index (χ3v) is 11.3. The number of allylic oxidation sites excluding steroid dienone is 1. The molecule has 7 nitrogen and oxygen atoms in total. The number of aliphatic hydroxyl groups is 1. The first kappa shape index (κ1) is 31.0. The zero-order chi connectivity index (χ0) is 32.3. The Labute approximate surface area is 266 Å². The van der Waals surface area contributed by atoms with E-state index in [0.717, 1.165) is 66.9 Å². The Morgan fingerprint density at radius 3 is 2.54 bits per heavy atom. The van der Waals surface area contributed by atoms with Crippen LogP contribution in [0.3, 0.4) is 0 Å². The number of methoxy groups -OCH3 is 1. The number of likely N-dealkylation sites (N-methyl/N-ethyl adjacent to an activating group) is 1. The molecule has 2 bridgehead atoms. The van der Waals surface area contributed by atoms with E-state index in [-0.39, 0.29) is 23.3 Å². The molecule has 1 amide bonds. The van der Waals surface area contributed by atoms with E-state index in [1.165, 1.54) is 18.7 Å². The average Bonchev–Trinajstić information content (AvgIpc) is 3.38. The number of piperidine rings is 1. The van der Waals surface area contributed by atoms with Crippen molar-refractivity contribution in [2.45, 2.75) is 68.9 Å². The van der Waals surface area contributed by atoms with E-state index < -0.39 is 29.9 Å². The zero-order valence-electron chi connectivity index (χ0n) is 26.1. The number of carbonyl (C=O) groups excluding carboxylic acids is 1. The van der Waals surface area contributed by atoms with Gasteiger partial charge < -0.3 is 29.1 Å². The van der Waals surface area contributed by atoms with Gasteiger partial charge >= 0.3 is 6.36 Å². The van der Waals surface area contributed by atoms with E-state index in [1.807, 2.05) is 6.07 Å². The number of likely N-dealkylation sites (tertiary alicyclic amines) is 1. The summed E-state index contributed by atoms with van der Waals surface area (Å²) in [6.07, 6.45) is 1.72. The average molecular weight is 638 g/mol. The number of hydrogen-bond acceptors (Lipinski definition) is 5. The summed E-state index contributed by atoms with van der Waals surface area (Å²) < 4.78 is 58.4. The number of amides is 1. The number of quaternary nitrogens is 1. The Balaban J connectivity index is 1.24. The molecule has 0 aromatic heterocycles. The molecule has 3 fully saturated rings. The maximum absolute atomic E-state index is 13.6. The monoisotopic (exact) mass is 637 g/mol. The first-order chi connectivity index (χ1) is 22.0. The van der Waals surface area contributed by atoms with Crippen molar-refractivity contribution in [3.05, 3.63) is 101 Å². The van der Waals surface area contributed by atoms with E-state index >= 15 is 0 Å². The van der Waals surface area contributed by atoms with Gasteiger partial charge in [0.25, 0.3) is 5.91 Å². The lowest BCUT2D eigenvalue weighted by Gasteiger charge is -2.62. The van der Waals surface area contributed by atoms with Crippen LogP contribution in [-0.2, 0) is 25.4 Å².